The predicted octanol–water partition coefficient (Wildman–Crippen LogP) is 5.32. The molecule has 0 saturated carbocycles. The third kappa shape index (κ3) is 4.21. The lowest BCUT2D eigenvalue weighted by molar-refractivity contribution is -0.114. The zero-order chi connectivity index (χ0) is 20.2. The molecule has 4 aromatic rings. The molecule has 146 valence electrons. The summed E-state index contributed by atoms with van der Waals surface area (Å²) in [5, 5.41) is 2.61. The number of rotatable bonds is 6. The van der Waals surface area contributed by atoms with Crippen LogP contribution in [0.2, 0.25) is 0 Å². The van der Waals surface area contributed by atoms with Gasteiger partial charge in [0.05, 0.1) is 24.0 Å². The van der Waals surface area contributed by atoms with Crippen molar-refractivity contribution in [2.45, 2.75) is 13.5 Å². The first-order valence-electron chi connectivity index (χ1n) is 9.03. The average Bonchev–Trinajstić information content (AvgIpc) is 3.42. The molecule has 0 N–H and O–H groups in total. The van der Waals surface area contributed by atoms with Gasteiger partial charge in [0.1, 0.15) is 11.3 Å². The first-order chi connectivity index (χ1) is 14.2. The predicted molar refractivity (Wildman–Crippen MR) is 120 cm³/mol. The molecule has 1 amide bonds. The molecule has 0 radical (unpaired) electrons. The number of anilines is 1. The van der Waals surface area contributed by atoms with E-state index in [2.05, 4.69) is 4.98 Å². The van der Waals surface area contributed by atoms with E-state index in [0.717, 1.165) is 26.4 Å². The molecule has 0 aliphatic heterocycles. The van der Waals surface area contributed by atoms with Crippen LogP contribution in [0.5, 0.6) is 5.75 Å². The summed E-state index contributed by atoms with van der Waals surface area (Å²) in [5.41, 5.74) is 2.67. The summed E-state index contributed by atoms with van der Waals surface area (Å²) in [5.74, 6) is 0.562. The molecule has 0 saturated heterocycles. The highest BCUT2D eigenvalue weighted by atomic mass is 32.1. The van der Waals surface area contributed by atoms with Gasteiger partial charge in [-0.25, -0.2) is 4.98 Å². The highest BCUT2D eigenvalue weighted by Crippen LogP contribution is 2.37. The number of hydrogen-bond donors (Lipinski definition) is 0. The Bertz CT molecular complexity index is 1150. The Hall–Kier alpha value is -3.03. The third-order valence-electron chi connectivity index (χ3n) is 4.39. The lowest BCUT2D eigenvalue weighted by atomic mass is 10.2. The van der Waals surface area contributed by atoms with E-state index in [1.807, 2.05) is 60.8 Å². The average molecular weight is 422 g/mol. The van der Waals surface area contributed by atoms with E-state index in [1.165, 1.54) is 11.3 Å². The summed E-state index contributed by atoms with van der Waals surface area (Å²) >= 11 is 3.08. The quantitative estimate of drug-likeness (QED) is 0.396. The number of amides is 1. The Labute approximate surface area is 176 Å². The van der Waals surface area contributed by atoms with E-state index < -0.39 is 0 Å². The Kier molecular flexibility index (Phi) is 5.69. The van der Waals surface area contributed by atoms with Crippen LogP contribution in [-0.2, 0) is 11.3 Å². The topological polar surface area (TPSA) is 55.3 Å². The fourth-order valence-electron chi connectivity index (χ4n) is 2.90. The minimum absolute atomic E-state index is 0.139. The Morgan fingerprint density at radius 2 is 2.10 bits per heavy atom. The second-order valence-electron chi connectivity index (χ2n) is 6.35. The SMILES string of the molecule is COc1ccc(C)c2sc(N(Cc3ccccn3)C(=O)/C=C/c3cccs3)nc12. The van der Waals surface area contributed by atoms with Crippen LogP contribution in [0.1, 0.15) is 16.1 Å². The lowest BCUT2D eigenvalue weighted by Gasteiger charge is -2.17. The van der Waals surface area contributed by atoms with E-state index in [4.69, 9.17) is 9.72 Å². The van der Waals surface area contributed by atoms with Crippen LogP contribution in [0.25, 0.3) is 16.3 Å². The molecule has 0 aliphatic rings. The van der Waals surface area contributed by atoms with E-state index in [9.17, 15) is 4.79 Å². The normalized spacial score (nSPS) is 11.2. The second kappa shape index (κ2) is 8.55. The van der Waals surface area contributed by atoms with Gasteiger partial charge in [0, 0.05) is 17.2 Å². The van der Waals surface area contributed by atoms with Crippen molar-refractivity contribution in [3.05, 3.63) is 76.3 Å². The minimum Gasteiger partial charge on any atom is -0.494 e. The maximum Gasteiger partial charge on any atom is 0.253 e. The number of methoxy groups -OCH3 is 1. The fraction of sp³-hybridized carbons (Fsp3) is 0.136. The number of hydrogen-bond acceptors (Lipinski definition) is 6. The van der Waals surface area contributed by atoms with Gasteiger partial charge < -0.3 is 4.74 Å². The number of thiophene rings is 1. The highest BCUT2D eigenvalue weighted by molar-refractivity contribution is 7.22. The summed E-state index contributed by atoms with van der Waals surface area (Å²) in [6.45, 7) is 2.38. The van der Waals surface area contributed by atoms with Gasteiger partial charge in [-0.1, -0.05) is 29.5 Å². The number of nitrogens with zero attached hydrogens (tertiary/aromatic N) is 3. The molecule has 0 unspecified atom stereocenters. The zero-order valence-electron chi connectivity index (χ0n) is 16.0. The van der Waals surface area contributed by atoms with Crippen LogP contribution >= 0.6 is 22.7 Å². The zero-order valence-corrected chi connectivity index (χ0v) is 17.7. The van der Waals surface area contributed by atoms with Crippen LogP contribution in [0.4, 0.5) is 5.13 Å². The summed E-state index contributed by atoms with van der Waals surface area (Å²) in [7, 11) is 1.63. The van der Waals surface area contributed by atoms with Crippen LogP contribution < -0.4 is 9.64 Å². The molecule has 0 bridgehead atoms. The molecule has 0 atom stereocenters. The summed E-state index contributed by atoms with van der Waals surface area (Å²) in [4.78, 5) is 24.9. The number of thiazole rings is 1. The van der Waals surface area contributed by atoms with Gasteiger partial charge in [-0.3, -0.25) is 14.7 Å². The first kappa shape index (κ1) is 19.3. The largest absolute Gasteiger partial charge is 0.494 e. The Morgan fingerprint density at radius 1 is 1.21 bits per heavy atom. The van der Waals surface area contributed by atoms with Crippen molar-refractivity contribution in [2.24, 2.45) is 0 Å². The number of aromatic nitrogens is 2. The smallest absolute Gasteiger partial charge is 0.253 e. The molecule has 4 rings (SSSR count). The lowest BCUT2D eigenvalue weighted by Crippen LogP contribution is -2.29. The number of carbonyl (C=O) groups is 1. The van der Waals surface area contributed by atoms with Gasteiger partial charge in [0.25, 0.3) is 5.91 Å². The summed E-state index contributed by atoms with van der Waals surface area (Å²) < 4.78 is 6.48. The highest BCUT2D eigenvalue weighted by Gasteiger charge is 2.21. The van der Waals surface area contributed by atoms with Crippen molar-refractivity contribution >= 4 is 50.0 Å². The molecule has 5 nitrogen and oxygen atoms in total. The van der Waals surface area contributed by atoms with Crippen molar-refractivity contribution in [3.8, 4) is 5.75 Å². The second-order valence-corrected chi connectivity index (χ2v) is 8.31. The maximum absolute atomic E-state index is 13.1. The van der Waals surface area contributed by atoms with Crippen LogP contribution in [-0.4, -0.2) is 23.0 Å². The summed E-state index contributed by atoms with van der Waals surface area (Å²) in [6, 6.07) is 13.5. The Morgan fingerprint density at radius 3 is 2.83 bits per heavy atom. The van der Waals surface area contributed by atoms with Crippen molar-refractivity contribution in [1.82, 2.24) is 9.97 Å². The molecular formula is C22H19N3O2S2. The molecule has 0 aliphatic carbocycles. The molecule has 3 aromatic heterocycles. The van der Waals surface area contributed by atoms with Crippen LogP contribution in [0.15, 0.2) is 60.1 Å². The van der Waals surface area contributed by atoms with Gasteiger partial charge in [0.15, 0.2) is 5.13 Å². The maximum atomic E-state index is 13.1. The summed E-state index contributed by atoms with van der Waals surface area (Å²) in [6.07, 6.45) is 5.15. The molecule has 0 fully saturated rings. The number of ether oxygens (including phenoxy) is 1. The number of carbonyl (C=O) groups excluding carboxylic acids is 1. The van der Waals surface area contributed by atoms with E-state index in [1.54, 1.807) is 35.6 Å². The monoisotopic (exact) mass is 421 g/mol. The molecule has 1 aromatic carbocycles. The van der Waals surface area contributed by atoms with E-state index in [0.29, 0.717) is 17.4 Å². The van der Waals surface area contributed by atoms with Crippen molar-refractivity contribution < 1.29 is 9.53 Å². The minimum atomic E-state index is -0.139. The van der Waals surface area contributed by atoms with Gasteiger partial charge >= 0.3 is 0 Å². The molecule has 29 heavy (non-hydrogen) atoms. The van der Waals surface area contributed by atoms with Crippen LogP contribution in [0, 0.1) is 6.92 Å². The van der Waals surface area contributed by atoms with Gasteiger partial charge in [-0.2, -0.15) is 0 Å². The van der Waals surface area contributed by atoms with Gasteiger partial charge in [0.2, 0.25) is 0 Å². The van der Waals surface area contributed by atoms with Crippen molar-refractivity contribution in [3.63, 3.8) is 0 Å². The molecule has 3 heterocycles. The third-order valence-corrected chi connectivity index (χ3v) is 6.44. The van der Waals surface area contributed by atoms with Gasteiger partial charge in [-0.05, 0) is 48.2 Å². The van der Waals surface area contributed by atoms with Gasteiger partial charge in [-0.15, -0.1) is 11.3 Å². The first-order valence-corrected chi connectivity index (χ1v) is 10.7. The standard InChI is InChI=1S/C22H19N3O2S2/c1-15-8-10-18(27-2)20-21(15)29-22(24-20)25(14-16-6-3-4-12-23-16)19(26)11-9-17-7-5-13-28-17/h3-13H,14H2,1-2H3/b11-9+. The number of fused-ring (bicyclic) bond motifs is 1. The molecule has 7 heteroatoms. The van der Waals surface area contributed by atoms with E-state index in [-0.39, 0.29) is 5.91 Å². The Balaban J connectivity index is 1.74. The van der Waals surface area contributed by atoms with E-state index >= 15 is 0 Å². The molecular weight excluding hydrogens is 402 g/mol. The number of pyridine rings is 1. The number of aryl methyl sites for hydroxylation is 1. The van der Waals surface area contributed by atoms with Crippen molar-refractivity contribution in [1.29, 1.82) is 0 Å². The van der Waals surface area contributed by atoms with Crippen LogP contribution in [0.3, 0.4) is 0 Å². The molecule has 0 spiro atoms. The van der Waals surface area contributed by atoms with Crippen molar-refractivity contribution in [2.75, 3.05) is 12.0 Å². The fourth-order valence-corrected chi connectivity index (χ4v) is 4.58. The number of benzene rings is 1.